The van der Waals surface area contributed by atoms with Crippen LogP contribution in [0, 0.1) is 33.3 Å². The van der Waals surface area contributed by atoms with E-state index < -0.39 is 16.8 Å². The zero-order valence-electron chi connectivity index (χ0n) is 11.9. The molecule has 0 heterocycles. The van der Waals surface area contributed by atoms with Crippen molar-refractivity contribution in [2.24, 2.45) is 11.8 Å². The second-order valence-corrected chi connectivity index (χ2v) is 5.15. The van der Waals surface area contributed by atoms with E-state index in [1.807, 2.05) is 13.8 Å². The van der Waals surface area contributed by atoms with Gasteiger partial charge in [0.15, 0.2) is 0 Å². The number of rotatable bonds is 7. The highest BCUT2D eigenvalue weighted by Crippen LogP contribution is 2.23. The van der Waals surface area contributed by atoms with Crippen LogP contribution < -0.4 is 5.32 Å². The first-order valence-corrected chi connectivity index (χ1v) is 6.50. The number of nitro groups is 1. The van der Waals surface area contributed by atoms with Gasteiger partial charge in [0.25, 0.3) is 5.69 Å². The molecule has 0 spiro atoms. The Morgan fingerprint density at radius 1 is 1.52 bits per heavy atom. The summed E-state index contributed by atoms with van der Waals surface area (Å²) in [4.78, 5) is 21.4. The Labute approximate surface area is 122 Å². The van der Waals surface area contributed by atoms with Crippen LogP contribution in [-0.4, -0.2) is 22.5 Å². The van der Waals surface area contributed by atoms with Crippen molar-refractivity contribution >= 4 is 17.3 Å². The summed E-state index contributed by atoms with van der Waals surface area (Å²) >= 11 is 0. The van der Waals surface area contributed by atoms with Gasteiger partial charge < -0.3 is 10.4 Å². The lowest BCUT2D eigenvalue weighted by molar-refractivity contribution is -0.385. The standard InChI is InChI=1S/C14H17N3O4/c1-9(2)5-11(14(18)19)8-16-12-4-3-10(7-15)13(6-12)17(20)21/h3-4,6,9,11,16H,5,8H2,1-2H3,(H,18,19). The highest BCUT2D eigenvalue weighted by Gasteiger charge is 2.19. The molecule has 0 aliphatic rings. The SMILES string of the molecule is CC(C)CC(CNc1ccc(C#N)c([N+](=O)[O-])c1)C(=O)O. The van der Waals surface area contributed by atoms with Crippen LogP contribution in [0.2, 0.25) is 0 Å². The Morgan fingerprint density at radius 3 is 2.67 bits per heavy atom. The van der Waals surface area contributed by atoms with Crippen LogP contribution in [0.1, 0.15) is 25.8 Å². The first-order chi connectivity index (χ1) is 9.85. The van der Waals surface area contributed by atoms with Gasteiger partial charge in [-0.15, -0.1) is 0 Å². The maximum absolute atomic E-state index is 11.1. The Morgan fingerprint density at radius 2 is 2.19 bits per heavy atom. The van der Waals surface area contributed by atoms with Gasteiger partial charge in [0, 0.05) is 18.3 Å². The number of carbonyl (C=O) groups is 1. The number of anilines is 1. The summed E-state index contributed by atoms with van der Waals surface area (Å²) in [5.74, 6) is -1.23. The van der Waals surface area contributed by atoms with E-state index in [1.165, 1.54) is 18.2 Å². The summed E-state index contributed by atoms with van der Waals surface area (Å²) < 4.78 is 0. The molecule has 0 aromatic heterocycles. The minimum absolute atomic E-state index is 0.0254. The number of carboxylic acid groups (broad SMARTS) is 1. The van der Waals surface area contributed by atoms with E-state index in [-0.39, 0.29) is 23.7 Å². The highest BCUT2D eigenvalue weighted by atomic mass is 16.6. The van der Waals surface area contributed by atoms with Crippen LogP contribution >= 0.6 is 0 Å². The van der Waals surface area contributed by atoms with E-state index in [0.29, 0.717) is 12.1 Å². The van der Waals surface area contributed by atoms with Crippen molar-refractivity contribution in [3.05, 3.63) is 33.9 Å². The van der Waals surface area contributed by atoms with Gasteiger partial charge in [-0.25, -0.2) is 0 Å². The summed E-state index contributed by atoms with van der Waals surface area (Å²) in [5.41, 5.74) is 0.108. The van der Waals surface area contributed by atoms with E-state index in [2.05, 4.69) is 5.32 Å². The van der Waals surface area contributed by atoms with Crippen LogP contribution in [0.3, 0.4) is 0 Å². The minimum Gasteiger partial charge on any atom is -0.481 e. The van der Waals surface area contributed by atoms with Crippen molar-refractivity contribution in [1.29, 1.82) is 5.26 Å². The van der Waals surface area contributed by atoms with Gasteiger partial charge >= 0.3 is 5.97 Å². The van der Waals surface area contributed by atoms with Gasteiger partial charge in [-0.2, -0.15) is 5.26 Å². The molecule has 1 aromatic rings. The summed E-state index contributed by atoms with van der Waals surface area (Å²) in [7, 11) is 0. The molecule has 0 aliphatic carbocycles. The fourth-order valence-electron chi connectivity index (χ4n) is 1.97. The van der Waals surface area contributed by atoms with E-state index >= 15 is 0 Å². The number of benzene rings is 1. The molecule has 0 saturated carbocycles. The van der Waals surface area contributed by atoms with Crippen LogP contribution in [0.25, 0.3) is 0 Å². The molecule has 0 fully saturated rings. The Bertz CT molecular complexity index is 578. The van der Waals surface area contributed by atoms with Crippen LogP contribution in [0.4, 0.5) is 11.4 Å². The minimum atomic E-state index is -0.903. The van der Waals surface area contributed by atoms with Crippen molar-refractivity contribution in [2.75, 3.05) is 11.9 Å². The summed E-state index contributed by atoms with van der Waals surface area (Å²) in [6, 6.07) is 5.87. The number of hydrogen-bond donors (Lipinski definition) is 2. The normalized spacial score (nSPS) is 11.7. The molecule has 1 rings (SSSR count). The molecule has 0 amide bonds. The second kappa shape index (κ2) is 7.24. The van der Waals surface area contributed by atoms with Crippen molar-refractivity contribution in [3.63, 3.8) is 0 Å². The lowest BCUT2D eigenvalue weighted by Gasteiger charge is -2.16. The number of nitriles is 1. The molecule has 1 aromatic carbocycles. The predicted octanol–water partition coefficient (Wildman–Crippen LogP) is 2.63. The molecule has 0 saturated heterocycles. The fraction of sp³-hybridized carbons (Fsp3) is 0.429. The monoisotopic (exact) mass is 291 g/mol. The first kappa shape index (κ1) is 16.4. The molecule has 0 aliphatic heterocycles. The summed E-state index contributed by atoms with van der Waals surface area (Å²) in [6.07, 6.45) is 0.515. The van der Waals surface area contributed by atoms with Gasteiger partial charge in [-0.05, 0) is 24.5 Å². The van der Waals surface area contributed by atoms with Crippen LogP contribution in [0.15, 0.2) is 18.2 Å². The number of hydrogen-bond acceptors (Lipinski definition) is 5. The smallest absolute Gasteiger partial charge is 0.308 e. The van der Waals surface area contributed by atoms with E-state index in [9.17, 15) is 14.9 Å². The molecule has 2 N–H and O–H groups in total. The topological polar surface area (TPSA) is 116 Å². The first-order valence-electron chi connectivity index (χ1n) is 6.50. The van der Waals surface area contributed by atoms with Crippen LogP contribution in [-0.2, 0) is 4.79 Å². The highest BCUT2D eigenvalue weighted by molar-refractivity contribution is 5.71. The molecule has 7 heteroatoms. The molecular formula is C14H17N3O4. The quantitative estimate of drug-likeness (QED) is 0.589. The third-order valence-electron chi connectivity index (χ3n) is 2.97. The number of aliphatic carboxylic acids is 1. The van der Waals surface area contributed by atoms with E-state index in [4.69, 9.17) is 10.4 Å². The Kier molecular flexibility index (Phi) is 5.67. The Balaban J connectivity index is 2.84. The molecule has 0 radical (unpaired) electrons. The van der Waals surface area contributed by atoms with Crippen molar-refractivity contribution in [2.45, 2.75) is 20.3 Å². The molecule has 7 nitrogen and oxygen atoms in total. The number of nitrogens with zero attached hydrogens (tertiary/aromatic N) is 2. The van der Waals surface area contributed by atoms with E-state index in [0.717, 1.165) is 0 Å². The average Bonchev–Trinajstić information content (AvgIpc) is 2.42. The summed E-state index contributed by atoms with van der Waals surface area (Å²) in [6.45, 7) is 4.04. The molecular weight excluding hydrogens is 274 g/mol. The maximum atomic E-state index is 11.1. The van der Waals surface area contributed by atoms with E-state index in [1.54, 1.807) is 6.07 Å². The number of nitrogens with one attached hydrogen (secondary N) is 1. The van der Waals surface area contributed by atoms with Gasteiger partial charge in [0.2, 0.25) is 0 Å². The predicted molar refractivity (Wildman–Crippen MR) is 76.9 cm³/mol. The van der Waals surface area contributed by atoms with Gasteiger partial charge in [0.1, 0.15) is 11.6 Å². The fourth-order valence-corrected chi connectivity index (χ4v) is 1.97. The lowest BCUT2D eigenvalue weighted by atomic mass is 9.97. The number of nitro benzene ring substituents is 1. The van der Waals surface area contributed by atoms with Crippen molar-refractivity contribution < 1.29 is 14.8 Å². The second-order valence-electron chi connectivity index (χ2n) is 5.15. The average molecular weight is 291 g/mol. The van der Waals surface area contributed by atoms with Gasteiger partial charge in [-0.3, -0.25) is 14.9 Å². The zero-order chi connectivity index (χ0) is 16.0. The molecule has 1 atom stereocenters. The third kappa shape index (κ3) is 4.76. The zero-order valence-corrected chi connectivity index (χ0v) is 11.9. The molecule has 0 bridgehead atoms. The maximum Gasteiger partial charge on any atom is 0.308 e. The molecule has 112 valence electrons. The van der Waals surface area contributed by atoms with Gasteiger partial charge in [-0.1, -0.05) is 13.8 Å². The molecule has 21 heavy (non-hydrogen) atoms. The van der Waals surface area contributed by atoms with Crippen molar-refractivity contribution in [3.8, 4) is 6.07 Å². The largest absolute Gasteiger partial charge is 0.481 e. The van der Waals surface area contributed by atoms with Crippen molar-refractivity contribution in [1.82, 2.24) is 0 Å². The lowest BCUT2D eigenvalue weighted by Crippen LogP contribution is -2.24. The van der Waals surface area contributed by atoms with Crippen LogP contribution in [0.5, 0.6) is 0 Å². The number of carboxylic acids is 1. The third-order valence-corrected chi connectivity index (χ3v) is 2.97. The van der Waals surface area contributed by atoms with Gasteiger partial charge in [0.05, 0.1) is 10.8 Å². The molecule has 1 unspecified atom stereocenters. The Hall–Kier alpha value is -2.62. The summed E-state index contributed by atoms with van der Waals surface area (Å²) in [5, 5.41) is 31.7.